The van der Waals surface area contributed by atoms with Gasteiger partial charge in [-0.2, -0.15) is 10.5 Å². The normalized spacial score (nSPS) is 10.0. The van der Waals surface area contributed by atoms with E-state index in [2.05, 4.69) is 15.5 Å². The molecule has 156 valence electrons. The molecular formula is C22H20Cl2N2O4. The van der Waals surface area contributed by atoms with Gasteiger partial charge in [0.2, 0.25) is 0 Å². The summed E-state index contributed by atoms with van der Waals surface area (Å²) in [4.78, 5) is 22.5. The molecule has 0 spiro atoms. The number of nitriles is 2. The van der Waals surface area contributed by atoms with Crippen molar-refractivity contribution in [2.45, 2.75) is 25.7 Å². The minimum absolute atomic E-state index is 0.227. The number of nitrogens with zero attached hydrogens (tertiary/aromatic N) is 2. The van der Waals surface area contributed by atoms with Gasteiger partial charge in [0, 0.05) is 10.0 Å². The summed E-state index contributed by atoms with van der Waals surface area (Å²) in [5.74, 6) is -0.913. The summed E-state index contributed by atoms with van der Waals surface area (Å²) < 4.78 is 9.16. The molecule has 0 aromatic heterocycles. The fourth-order valence-electron chi connectivity index (χ4n) is 2.33. The monoisotopic (exact) mass is 446 g/mol. The third kappa shape index (κ3) is 7.08. The third-order valence-corrected chi connectivity index (χ3v) is 4.42. The molecule has 2 aromatic carbocycles. The molecule has 0 fully saturated rings. The summed E-state index contributed by atoms with van der Waals surface area (Å²) >= 11 is 11.7. The van der Waals surface area contributed by atoms with Gasteiger partial charge >= 0.3 is 11.9 Å². The lowest BCUT2D eigenvalue weighted by molar-refractivity contribution is 0.0591. The lowest BCUT2D eigenvalue weighted by Crippen LogP contribution is -2.15. The van der Waals surface area contributed by atoms with Gasteiger partial charge in [0.25, 0.3) is 0 Å². The van der Waals surface area contributed by atoms with E-state index in [4.69, 9.17) is 33.7 Å². The fraction of sp³-hybridized carbons (Fsp3) is 0.273. The first-order valence-electron chi connectivity index (χ1n) is 8.63. The molecule has 0 amide bonds. The van der Waals surface area contributed by atoms with Crippen molar-refractivity contribution in [2.75, 3.05) is 14.2 Å². The maximum atomic E-state index is 11.4. The number of benzene rings is 2. The number of hydrogen-bond acceptors (Lipinski definition) is 6. The Labute approximate surface area is 185 Å². The van der Waals surface area contributed by atoms with Gasteiger partial charge < -0.3 is 9.47 Å². The highest BCUT2D eigenvalue weighted by Crippen LogP contribution is 2.26. The summed E-state index contributed by atoms with van der Waals surface area (Å²) in [6.07, 6.45) is 0.227. The molecule has 0 radical (unpaired) electrons. The van der Waals surface area contributed by atoms with E-state index in [1.165, 1.54) is 26.4 Å². The van der Waals surface area contributed by atoms with Crippen LogP contribution in [0.4, 0.5) is 0 Å². The Hall–Kier alpha value is -3.06. The Bertz CT molecular complexity index is 1020. The first-order valence-corrected chi connectivity index (χ1v) is 9.39. The molecule has 0 aliphatic carbocycles. The van der Waals surface area contributed by atoms with Crippen LogP contribution in [0.3, 0.4) is 0 Å². The molecule has 0 aliphatic heterocycles. The number of esters is 2. The number of carbonyl (C=O) groups is 2. The molecule has 30 heavy (non-hydrogen) atoms. The van der Waals surface area contributed by atoms with Crippen molar-refractivity contribution in [3.05, 3.63) is 68.7 Å². The molecule has 0 bridgehead atoms. The van der Waals surface area contributed by atoms with Gasteiger partial charge in [-0.1, -0.05) is 23.2 Å². The Morgan fingerprint density at radius 3 is 1.87 bits per heavy atom. The largest absolute Gasteiger partial charge is 0.465 e. The van der Waals surface area contributed by atoms with E-state index in [9.17, 15) is 9.59 Å². The third-order valence-electron chi connectivity index (χ3n) is 3.98. The van der Waals surface area contributed by atoms with E-state index in [0.717, 1.165) is 0 Å². The van der Waals surface area contributed by atoms with Crippen LogP contribution in [-0.2, 0) is 21.3 Å². The first kappa shape index (κ1) is 25.0. The minimum atomic E-state index is -0.687. The fourth-order valence-corrected chi connectivity index (χ4v) is 2.82. The molecule has 0 aliphatic rings. The summed E-state index contributed by atoms with van der Waals surface area (Å²) in [6, 6.07) is 13.7. The van der Waals surface area contributed by atoms with Crippen LogP contribution >= 0.6 is 23.2 Å². The zero-order chi connectivity index (χ0) is 22.9. The van der Waals surface area contributed by atoms with Crippen LogP contribution in [0.1, 0.15) is 45.7 Å². The molecule has 0 saturated heterocycles. The SMILES string of the molecule is COC(=O)c1cc(Cl)cc(C(C)(C)C#N)c1.COC(=O)c1cc(Cl)cc(CC#N)c1. The summed E-state index contributed by atoms with van der Waals surface area (Å²) in [6.45, 7) is 3.53. The Kier molecular flexibility index (Phi) is 9.33. The van der Waals surface area contributed by atoms with Gasteiger partial charge in [0.05, 0.1) is 49.3 Å². The number of halogens is 2. The van der Waals surface area contributed by atoms with Crippen molar-refractivity contribution in [3.63, 3.8) is 0 Å². The van der Waals surface area contributed by atoms with E-state index in [0.29, 0.717) is 32.3 Å². The zero-order valence-electron chi connectivity index (χ0n) is 17.0. The average Bonchev–Trinajstić information content (AvgIpc) is 2.72. The van der Waals surface area contributed by atoms with Crippen LogP contribution in [0.5, 0.6) is 0 Å². The van der Waals surface area contributed by atoms with Crippen LogP contribution < -0.4 is 0 Å². The summed E-state index contributed by atoms with van der Waals surface area (Å²) in [5, 5.41) is 18.4. The molecule has 2 aromatic rings. The molecule has 0 saturated carbocycles. The van der Waals surface area contributed by atoms with Crippen LogP contribution in [0.25, 0.3) is 0 Å². The Balaban J connectivity index is 0.000000303. The molecule has 8 heteroatoms. The van der Waals surface area contributed by atoms with E-state index in [-0.39, 0.29) is 6.42 Å². The second-order valence-corrected chi connectivity index (χ2v) is 7.50. The van der Waals surface area contributed by atoms with Crippen molar-refractivity contribution in [3.8, 4) is 12.1 Å². The van der Waals surface area contributed by atoms with Gasteiger partial charge in [-0.05, 0) is 61.4 Å². The minimum Gasteiger partial charge on any atom is -0.465 e. The maximum absolute atomic E-state index is 11.4. The standard InChI is InChI=1S/C12H12ClNO2.C10H8ClNO2/c1-12(2,7-14)9-4-8(11(15)16-3)5-10(13)6-9;1-14-10(13)8-4-7(2-3-12)5-9(11)6-8/h4-6H,1-3H3;4-6H,2H2,1H3. The van der Waals surface area contributed by atoms with Crippen molar-refractivity contribution in [1.29, 1.82) is 10.5 Å². The predicted octanol–water partition coefficient (Wildman–Crippen LogP) is 5.12. The highest BCUT2D eigenvalue weighted by Gasteiger charge is 2.22. The van der Waals surface area contributed by atoms with Crippen LogP contribution in [0, 0.1) is 22.7 Å². The number of rotatable bonds is 4. The number of carbonyl (C=O) groups excluding carboxylic acids is 2. The molecule has 6 nitrogen and oxygen atoms in total. The van der Waals surface area contributed by atoms with E-state index in [1.54, 1.807) is 38.1 Å². The van der Waals surface area contributed by atoms with Crippen LogP contribution in [-0.4, -0.2) is 26.2 Å². The van der Waals surface area contributed by atoms with Gasteiger partial charge in [0.15, 0.2) is 0 Å². The molecular weight excluding hydrogens is 427 g/mol. The Morgan fingerprint density at radius 1 is 0.900 bits per heavy atom. The number of ether oxygens (including phenoxy) is 2. The second kappa shape index (κ2) is 11.2. The van der Waals surface area contributed by atoms with Crippen LogP contribution in [0.15, 0.2) is 36.4 Å². The van der Waals surface area contributed by atoms with Gasteiger partial charge in [-0.15, -0.1) is 0 Å². The van der Waals surface area contributed by atoms with Crippen molar-refractivity contribution in [1.82, 2.24) is 0 Å². The molecule has 2 rings (SSSR count). The molecule has 0 unspecified atom stereocenters. The summed E-state index contributed by atoms with van der Waals surface area (Å²) in [7, 11) is 2.60. The highest BCUT2D eigenvalue weighted by atomic mass is 35.5. The first-order chi connectivity index (χ1) is 14.1. The lowest BCUT2D eigenvalue weighted by atomic mass is 9.85. The lowest BCUT2D eigenvalue weighted by Gasteiger charge is -2.16. The Morgan fingerprint density at radius 2 is 1.40 bits per heavy atom. The predicted molar refractivity (Wildman–Crippen MR) is 114 cm³/mol. The van der Waals surface area contributed by atoms with Crippen LogP contribution in [0.2, 0.25) is 10.0 Å². The van der Waals surface area contributed by atoms with Gasteiger partial charge in [0.1, 0.15) is 0 Å². The molecule has 0 heterocycles. The number of methoxy groups -OCH3 is 2. The van der Waals surface area contributed by atoms with E-state index < -0.39 is 17.4 Å². The quantitative estimate of drug-likeness (QED) is 0.603. The topological polar surface area (TPSA) is 100 Å². The van der Waals surface area contributed by atoms with Crippen molar-refractivity contribution in [2.24, 2.45) is 0 Å². The van der Waals surface area contributed by atoms with Gasteiger partial charge in [-0.25, -0.2) is 9.59 Å². The number of hydrogen-bond donors (Lipinski definition) is 0. The smallest absolute Gasteiger partial charge is 0.337 e. The average molecular weight is 447 g/mol. The van der Waals surface area contributed by atoms with Crippen molar-refractivity contribution >= 4 is 35.1 Å². The maximum Gasteiger partial charge on any atom is 0.337 e. The highest BCUT2D eigenvalue weighted by molar-refractivity contribution is 6.31. The molecule has 0 atom stereocenters. The van der Waals surface area contributed by atoms with Gasteiger partial charge in [-0.3, -0.25) is 0 Å². The van der Waals surface area contributed by atoms with E-state index in [1.807, 2.05) is 6.07 Å². The summed E-state index contributed by atoms with van der Waals surface area (Å²) in [5.41, 5.74) is 1.44. The molecule has 0 N–H and O–H groups in total. The zero-order valence-corrected chi connectivity index (χ0v) is 18.5. The van der Waals surface area contributed by atoms with E-state index >= 15 is 0 Å². The second-order valence-electron chi connectivity index (χ2n) is 6.63. The van der Waals surface area contributed by atoms with Crippen molar-refractivity contribution < 1.29 is 19.1 Å².